The van der Waals surface area contributed by atoms with Crippen molar-refractivity contribution in [2.45, 2.75) is 46.2 Å². The first-order chi connectivity index (χ1) is 12.5. The van der Waals surface area contributed by atoms with Crippen LogP contribution in [0.15, 0.2) is 15.6 Å². The fraction of sp³-hybridized carbons (Fsp3) is 0.647. The van der Waals surface area contributed by atoms with E-state index < -0.39 is 0 Å². The molecule has 10 heteroatoms. The van der Waals surface area contributed by atoms with E-state index >= 15 is 0 Å². The number of aryl methyl sites for hydroxylation is 1. The number of thioether (sulfide) groups is 1. The zero-order chi connectivity index (χ0) is 18.9. The molecular weight excluding hydrogens is 477 g/mol. The summed E-state index contributed by atoms with van der Waals surface area (Å²) in [5.41, 5.74) is 0.961. The summed E-state index contributed by atoms with van der Waals surface area (Å²) in [7, 11) is 1.95. The van der Waals surface area contributed by atoms with Gasteiger partial charge >= 0.3 is 0 Å². The normalized spacial score (nSPS) is 11.6. The Labute approximate surface area is 182 Å². The number of hydrogen-bond acceptors (Lipinski definition) is 6. The Morgan fingerprint density at radius 2 is 2.11 bits per heavy atom. The molecule has 0 atom stereocenters. The Morgan fingerprint density at radius 3 is 2.70 bits per heavy atom. The van der Waals surface area contributed by atoms with Gasteiger partial charge in [-0.15, -0.1) is 34.2 Å². The van der Waals surface area contributed by atoms with Gasteiger partial charge in [0, 0.05) is 19.7 Å². The number of guanidine groups is 1. The van der Waals surface area contributed by atoms with E-state index in [1.807, 2.05) is 36.4 Å². The topological polar surface area (TPSA) is 93.2 Å². The van der Waals surface area contributed by atoms with Crippen LogP contribution in [0.3, 0.4) is 0 Å². The lowest BCUT2D eigenvalue weighted by Crippen LogP contribution is -2.37. The molecule has 0 saturated heterocycles. The van der Waals surface area contributed by atoms with Crippen LogP contribution in [0.5, 0.6) is 0 Å². The molecular formula is C17H30IN7OS. The van der Waals surface area contributed by atoms with Crippen molar-refractivity contribution in [3.05, 3.63) is 29.2 Å². The maximum atomic E-state index is 5.38. The summed E-state index contributed by atoms with van der Waals surface area (Å²) in [6, 6.07) is 1.98. The van der Waals surface area contributed by atoms with Crippen LogP contribution in [0.25, 0.3) is 0 Å². The maximum Gasteiger partial charge on any atom is 0.192 e. The van der Waals surface area contributed by atoms with Crippen LogP contribution in [0.4, 0.5) is 0 Å². The summed E-state index contributed by atoms with van der Waals surface area (Å²) < 4.78 is 7.32. The van der Waals surface area contributed by atoms with Crippen LogP contribution in [0.2, 0.25) is 0 Å². The fourth-order valence-corrected chi connectivity index (χ4v) is 2.62. The van der Waals surface area contributed by atoms with E-state index in [1.165, 1.54) is 0 Å². The first-order valence-corrected chi connectivity index (χ1v) is 10.2. The molecule has 0 unspecified atom stereocenters. The number of nitrogens with zero attached hydrogens (tertiary/aromatic N) is 5. The van der Waals surface area contributed by atoms with E-state index in [4.69, 9.17) is 4.52 Å². The third kappa shape index (κ3) is 7.68. The molecule has 2 heterocycles. The first kappa shape index (κ1) is 23.7. The van der Waals surface area contributed by atoms with Gasteiger partial charge in [-0.25, -0.2) is 4.99 Å². The van der Waals surface area contributed by atoms with Gasteiger partial charge in [-0.1, -0.05) is 19.0 Å². The predicted octanol–water partition coefficient (Wildman–Crippen LogP) is 2.84. The Kier molecular flexibility index (Phi) is 10.7. The van der Waals surface area contributed by atoms with Crippen molar-refractivity contribution >= 4 is 41.7 Å². The van der Waals surface area contributed by atoms with Crippen molar-refractivity contribution in [3.8, 4) is 0 Å². The summed E-state index contributed by atoms with van der Waals surface area (Å²) in [5.74, 6) is 4.69. The molecule has 2 N–H and O–H groups in total. The van der Waals surface area contributed by atoms with Crippen LogP contribution >= 0.6 is 35.7 Å². The number of hydrogen-bond donors (Lipinski definition) is 2. The molecule has 8 nitrogen and oxygen atoms in total. The van der Waals surface area contributed by atoms with Gasteiger partial charge in [0.1, 0.15) is 12.4 Å². The highest BCUT2D eigenvalue weighted by atomic mass is 127. The summed E-state index contributed by atoms with van der Waals surface area (Å²) in [5, 5.41) is 19.0. The standard InChI is InChI=1S/C17H29N7OS.HI/c1-12(2)15-9-14(25-23-15)10-19-17(18-7-6-8-26-5)20-11-16-22-21-13(3)24(16)4;/h9,12H,6-8,10-11H2,1-5H3,(H2,18,19,20);1H. The highest BCUT2D eigenvalue weighted by Crippen LogP contribution is 2.13. The van der Waals surface area contributed by atoms with Crippen molar-refractivity contribution in [2.75, 3.05) is 18.6 Å². The van der Waals surface area contributed by atoms with Crippen LogP contribution in [0, 0.1) is 6.92 Å². The summed E-state index contributed by atoms with van der Waals surface area (Å²) in [4.78, 5) is 4.62. The van der Waals surface area contributed by atoms with E-state index in [2.05, 4.69) is 51.1 Å². The number of halogens is 1. The largest absolute Gasteiger partial charge is 0.359 e. The van der Waals surface area contributed by atoms with Crippen molar-refractivity contribution in [2.24, 2.45) is 12.0 Å². The monoisotopic (exact) mass is 507 g/mol. The molecule has 0 aliphatic heterocycles. The number of aliphatic imine (C=N–C) groups is 1. The molecule has 0 aliphatic rings. The molecule has 2 aromatic heterocycles. The highest BCUT2D eigenvalue weighted by molar-refractivity contribution is 14.0. The van der Waals surface area contributed by atoms with Gasteiger partial charge in [0.15, 0.2) is 17.5 Å². The van der Waals surface area contributed by atoms with Gasteiger partial charge in [-0.2, -0.15) is 11.8 Å². The molecule has 0 fully saturated rings. The zero-order valence-electron chi connectivity index (χ0n) is 16.7. The van der Waals surface area contributed by atoms with E-state index in [0.29, 0.717) is 19.0 Å². The quantitative estimate of drug-likeness (QED) is 0.233. The smallest absolute Gasteiger partial charge is 0.192 e. The predicted molar refractivity (Wildman–Crippen MR) is 121 cm³/mol. The number of nitrogens with one attached hydrogen (secondary N) is 2. The van der Waals surface area contributed by atoms with Gasteiger partial charge in [-0.3, -0.25) is 0 Å². The van der Waals surface area contributed by atoms with E-state index in [9.17, 15) is 0 Å². The molecule has 2 rings (SSSR count). The maximum absolute atomic E-state index is 5.38. The highest BCUT2D eigenvalue weighted by Gasteiger charge is 2.09. The molecule has 0 spiro atoms. The van der Waals surface area contributed by atoms with Gasteiger partial charge < -0.3 is 19.7 Å². The SMILES string of the molecule is CSCCCNC(=NCc1nnc(C)n1C)NCc1cc(C(C)C)no1.I. The van der Waals surface area contributed by atoms with E-state index in [-0.39, 0.29) is 24.0 Å². The Bertz CT molecular complexity index is 714. The van der Waals surface area contributed by atoms with Gasteiger partial charge in [0.2, 0.25) is 0 Å². The molecule has 2 aromatic rings. The van der Waals surface area contributed by atoms with Gasteiger partial charge in [0.25, 0.3) is 0 Å². The molecule has 0 radical (unpaired) electrons. The van der Waals surface area contributed by atoms with Crippen molar-refractivity contribution < 1.29 is 4.52 Å². The lowest BCUT2D eigenvalue weighted by molar-refractivity contribution is 0.372. The van der Waals surface area contributed by atoms with Crippen LogP contribution in [0.1, 0.15) is 49.3 Å². The Morgan fingerprint density at radius 1 is 1.33 bits per heavy atom. The minimum absolute atomic E-state index is 0. The second-order valence-electron chi connectivity index (χ2n) is 6.39. The number of aromatic nitrogens is 4. The van der Waals surface area contributed by atoms with Crippen LogP contribution in [-0.2, 0) is 20.1 Å². The zero-order valence-corrected chi connectivity index (χ0v) is 19.8. The Hall–Kier alpha value is -1.30. The molecule has 0 bridgehead atoms. The van der Waals surface area contributed by atoms with E-state index in [1.54, 1.807) is 0 Å². The number of rotatable bonds is 9. The van der Waals surface area contributed by atoms with Crippen LogP contribution in [-0.4, -0.2) is 44.4 Å². The second-order valence-corrected chi connectivity index (χ2v) is 7.37. The fourth-order valence-electron chi connectivity index (χ4n) is 2.19. The van der Waals surface area contributed by atoms with Crippen LogP contribution < -0.4 is 10.6 Å². The molecule has 152 valence electrons. The lowest BCUT2D eigenvalue weighted by Gasteiger charge is -2.11. The minimum atomic E-state index is 0. The Balaban J connectivity index is 0.00000364. The van der Waals surface area contributed by atoms with Gasteiger partial charge in [-0.05, 0) is 31.3 Å². The van der Waals surface area contributed by atoms with E-state index in [0.717, 1.165) is 47.8 Å². The first-order valence-electron chi connectivity index (χ1n) is 8.82. The molecule has 0 saturated carbocycles. The van der Waals surface area contributed by atoms with Crippen molar-refractivity contribution in [1.82, 2.24) is 30.6 Å². The lowest BCUT2D eigenvalue weighted by atomic mass is 10.1. The molecule has 0 aliphatic carbocycles. The summed E-state index contributed by atoms with van der Waals surface area (Å²) in [6.07, 6.45) is 3.19. The summed E-state index contributed by atoms with van der Waals surface area (Å²) in [6.45, 7) is 7.97. The average molecular weight is 507 g/mol. The molecule has 0 amide bonds. The van der Waals surface area contributed by atoms with Crippen molar-refractivity contribution in [3.63, 3.8) is 0 Å². The second kappa shape index (κ2) is 12.2. The third-order valence-corrected chi connectivity index (χ3v) is 4.67. The minimum Gasteiger partial charge on any atom is -0.359 e. The molecule has 27 heavy (non-hydrogen) atoms. The summed E-state index contributed by atoms with van der Waals surface area (Å²) >= 11 is 1.84. The average Bonchev–Trinajstić information content (AvgIpc) is 3.22. The van der Waals surface area contributed by atoms with Crippen molar-refractivity contribution in [1.29, 1.82) is 0 Å². The van der Waals surface area contributed by atoms with Gasteiger partial charge in [0.05, 0.1) is 12.2 Å². The third-order valence-electron chi connectivity index (χ3n) is 3.98. The molecule has 0 aromatic carbocycles.